The van der Waals surface area contributed by atoms with Gasteiger partial charge in [-0.15, -0.1) is 0 Å². The maximum absolute atomic E-state index is 8.75. The zero-order valence-corrected chi connectivity index (χ0v) is 9.32. The van der Waals surface area contributed by atoms with E-state index in [0.29, 0.717) is 5.69 Å². The van der Waals surface area contributed by atoms with E-state index < -0.39 is 0 Å². The summed E-state index contributed by atoms with van der Waals surface area (Å²) >= 11 is 0. The quantitative estimate of drug-likeness (QED) is 0.794. The first-order valence-electron chi connectivity index (χ1n) is 5.66. The standard InChI is InChI=1S/C12H16N4/c13-10-12-9-11(1-3-15-12)2-6-16-7-4-14-5-8-16/h1,3,9,14H,2,4-8H2. The van der Waals surface area contributed by atoms with Gasteiger partial charge in [-0.25, -0.2) is 4.98 Å². The molecule has 2 rings (SSSR count). The van der Waals surface area contributed by atoms with E-state index in [2.05, 4.69) is 21.3 Å². The second kappa shape index (κ2) is 5.59. The smallest absolute Gasteiger partial charge is 0.140 e. The van der Waals surface area contributed by atoms with E-state index in [1.165, 1.54) is 5.56 Å². The summed E-state index contributed by atoms with van der Waals surface area (Å²) in [6, 6.07) is 5.94. The lowest BCUT2D eigenvalue weighted by molar-refractivity contribution is 0.244. The van der Waals surface area contributed by atoms with Gasteiger partial charge in [-0.2, -0.15) is 5.26 Å². The normalized spacial score (nSPS) is 16.9. The van der Waals surface area contributed by atoms with Crippen molar-refractivity contribution in [2.24, 2.45) is 0 Å². The Balaban J connectivity index is 1.86. The van der Waals surface area contributed by atoms with Crippen molar-refractivity contribution in [2.75, 3.05) is 32.7 Å². The van der Waals surface area contributed by atoms with Crippen molar-refractivity contribution >= 4 is 0 Å². The summed E-state index contributed by atoms with van der Waals surface area (Å²) in [6.45, 7) is 5.47. The fraction of sp³-hybridized carbons (Fsp3) is 0.500. The predicted molar refractivity (Wildman–Crippen MR) is 62.0 cm³/mol. The molecule has 0 spiro atoms. The molecule has 1 saturated heterocycles. The maximum Gasteiger partial charge on any atom is 0.140 e. The molecule has 0 amide bonds. The van der Waals surface area contributed by atoms with Crippen LogP contribution in [0.5, 0.6) is 0 Å². The maximum atomic E-state index is 8.75. The van der Waals surface area contributed by atoms with Crippen LogP contribution in [0, 0.1) is 11.3 Å². The van der Waals surface area contributed by atoms with Crippen molar-refractivity contribution in [2.45, 2.75) is 6.42 Å². The van der Waals surface area contributed by atoms with Crippen molar-refractivity contribution < 1.29 is 0 Å². The summed E-state index contributed by atoms with van der Waals surface area (Å²) in [7, 11) is 0. The molecule has 0 unspecified atom stereocenters. The van der Waals surface area contributed by atoms with Crippen molar-refractivity contribution in [3.05, 3.63) is 29.6 Å². The molecule has 0 aromatic carbocycles. The van der Waals surface area contributed by atoms with Gasteiger partial charge in [0.15, 0.2) is 0 Å². The van der Waals surface area contributed by atoms with E-state index in [1.807, 2.05) is 12.1 Å². The lowest BCUT2D eigenvalue weighted by Gasteiger charge is -2.27. The molecule has 84 valence electrons. The van der Waals surface area contributed by atoms with Gasteiger partial charge in [0.25, 0.3) is 0 Å². The first kappa shape index (κ1) is 11.1. The molecule has 0 saturated carbocycles. The minimum absolute atomic E-state index is 0.512. The Morgan fingerprint density at radius 2 is 2.25 bits per heavy atom. The van der Waals surface area contributed by atoms with Crippen LogP contribution in [0.3, 0.4) is 0 Å². The molecule has 1 fully saturated rings. The SMILES string of the molecule is N#Cc1cc(CCN2CCNCC2)ccn1. The van der Waals surface area contributed by atoms with Crippen LogP contribution < -0.4 is 5.32 Å². The average molecular weight is 216 g/mol. The van der Waals surface area contributed by atoms with Gasteiger partial charge in [-0.3, -0.25) is 0 Å². The first-order chi connectivity index (χ1) is 7.88. The third-order valence-corrected chi connectivity index (χ3v) is 2.87. The Hall–Kier alpha value is -1.44. The third-order valence-electron chi connectivity index (χ3n) is 2.87. The number of piperazine rings is 1. The number of aromatic nitrogens is 1. The van der Waals surface area contributed by atoms with Crippen LogP contribution in [0.15, 0.2) is 18.3 Å². The highest BCUT2D eigenvalue weighted by molar-refractivity contribution is 5.25. The minimum atomic E-state index is 0.512. The number of nitriles is 1. The van der Waals surface area contributed by atoms with Crippen LogP contribution in [0.2, 0.25) is 0 Å². The van der Waals surface area contributed by atoms with E-state index in [0.717, 1.165) is 39.1 Å². The highest BCUT2D eigenvalue weighted by Crippen LogP contribution is 2.03. The fourth-order valence-corrected chi connectivity index (χ4v) is 1.91. The largest absolute Gasteiger partial charge is 0.314 e. The summed E-state index contributed by atoms with van der Waals surface area (Å²) < 4.78 is 0. The molecule has 0 aliphatic carbocycles. The minimum Gasteiger partial charge on any atom is -0.314 e. The molecule has 1 aromatic heterocycles. The van der Waals surface area contributed by atoms with E-state index >= 15 is 0 Å². The molecule has 1 aromatic rings. The zero-order valence-electron chi connectivity index (χ0n) is 9.32. The molecule has 1 aliphatic heterocycles. The van der Waals surface area contributed by atoms with E-state index in [-0.39, 0.29) is 0 Å². The highest BCUT2D eigenvalue weighted by Gasteiger charge is 2.08. The summed E-state index contributed by atoms with van der Waals surface area (Å²) in [5.41, 5.74) is 1.71. The average Bonchev–Trinajstić information content (AvgIpc) is 2.38. The number of nitrogens with one attached hydrogen (secondary N) is 1. The van der Waals surface area contributed by atoms with Gasteiger partial charge in [-0.05, 0) is 24.1 Å². The molecule has 1 aliphatic rings. The zero-order chi connectivity index (χ0) is 11.2. The van der Waals surface area contributed by atoms with Crippen LogP contribution in [-0.4, -0.2) is 42.6 Å². The van der Waals surface area contributed by atoms with Gasteiger partial charge in [0.1, 0.15) is 11.8 Å². The molecular formula is C12H16N4. The number of hydrogen-bond acceptors (Lipinski definition) is 4. The van der Waals surface area contributed by atoms with Crippen LogP contribution in [-0.2, 0) is 6.42 Å². The van der Waals surface area contributed by atoms with Crippen molar-refractivity contribution in [1.82, 2.24) is 15.2 Å². The predicted octanol–water partition coefficient (Wildman–Crippen LogP) is 0.401. The van der Waals surface area contributed by atoms with Crippen LogP contribution >= 0.6 is 0 Å². The molecule has 4 nitrogen and oxygen atoms in total. The number of hydrogen-bond donors (Lipinski definition) is 1. The van der Waals surface area contributed by atoms with Gasteiger partial charge < -0.3 is 10.2 Å². The molecule has 16 heavy (non-hydrogen) atoms. The fourth-order valence-electron chi connectivity index (χ4n) is 1.91. The van der Waals surface area contributed by atoms with Crippen molar-refractivity contribution in [3.8, 4) is 6.07 Å². The lowest BCUT2D eigenvalue weighted by atomic mass is 10.1. The van der Waals surface area contributed by atoms with E-state index in [1.54, 1.807) is 6.20 Å². The topological polar surface area (TPSA) is 52.0 Å². The molecule has 0 atom stereocenters. The van der Waals surface area contributed by atoms with Gasteiger partial charge >= 0.3 is 0 Å². The van der Waals surface area contributed by atoms with E-state index in [4.69, 9.17) is 5.26 Å². The first-order valence-corrected chi connectivity index (χ1v) is 5.66. The van der Waals surface area contributed by atoms with Crippen molar-refractivity contribution in [3.63, 3.8) is 0 Å². The molecule has 1 N–H and O–H groups in total. The van der Waals surface area contributed by atoms with Crippen LogP contribution in [0.25, 0.3) is 0 Å². The van der Waals surface area contributed by atoms with Crippen LogP contribution in [0.1, 0.15) is 11.3 Å². The Morgan fingerprint density at radius 3 is 3.00 bits per heavy atom. The van der Waals surface area contributed by atoms with Crippen LogP contribution in [0.4, 0.5) is 0 Å². The number of rotatable bonds is 3. The second-order valence-electron chi connectivity index (χ2n) is 4.00. The summed E-state index contributed by atoms with van der Waals surface area (Å²) in [5, 5.41) is 12.1. The molecule has 2 heterocycles. The van der Waals surface area contributed by atoms with Gasteiger partial charge in [-0.1, -0.05) is 0 Å². The van der Waals surface area contributed by atoms with Crippen molar-refractivity contribution in [1.29, 1.82) is 5.26 Å². The Morgan fingerprint density at radius 1 is 1.44 bits per heavy atom. The Kier molecular flexibility index (Phi) is 3.86. The Bertz CT molecular complexity index is 377. The summed E-state index contributed by atoms with van der Waals surface area (Å²) in [6.07, 6.45) is 2.71. The summed E-state index contributed by atoms with van der Waals surface area (Å²) in [5.74, 6) is 0. The lowest BCUT2D eigenvalue weighted by Crippen LogP contribution is -2.44. The van der Waals surface area contributed by atoms with Gasteiger partial charge in [0, 0.05) is 38.9 Å². The molecule has 0 bridgehead atoms. The van der Waals surface area contributed by atoms with Gasteiger partial charge in [0.05, 0.1) is 0 Å². The molecule has 4 heteroatoms. The second-order valence-corrected chi connectivity index (χ2v) is 4.00. The van der Waals surface area contributed by atoms with Gasteiger partial charge in [0.2, 0.25) is 0 Å². The monoisotopic (exact) mass is 216 g/mol. The molecular weight excluding hydrogens is 200 g/mol. The summed E-state index contributed by atoms with van der Waals surface area (Å²) in [4.78, 5) is 6.42. The third kappa shape index (κ3) is 3.02. The number of pyridine rings is 1. The molecule has 0 radical (unpaired) electrons. The Labute approximate surface area is 95.9 Å². The highest BCUT2D eigenvalue weighted by atomic mass is 15.2. The van der Waals surface area contributed by atoms with E-state index in [9.17, 15) is 0 Å². The number of nitrogens with zero attached hydrogens (tertiary/aromatic N) is 3.